The Morgan fingerprint density at radius 1 is 1.12 bits per heavy atom. The molecule has 1 heterocycles. The van der Waals surface area contributed by atoms with Crippen molar-refractivity contribution in [1.29, 1.82) is 0 Å². The summed E-state index contributed by atoms with van der Waals surface area (Å²) in [5, 5.41) is 7.41. The van der Waals surface area contributed by atoms with Crippen molar-refractivity contribution in [1.82, 2.24) is 15.1 Å². The number of aryl methyl sites for hydroxylation is 1. The van der Waals surface area contributed by atoms with E-state index in [1.165, 1.54) is 5.56 Å². The molecule has 3 aromatic rings. The van der Waals surface area contributed by atoms with Gasteiger partial charge in [0.25, 0.3) is 5.91 Å². The highest BCUT2D eigenvalue weighted by molar-refractivity contribution is 5.95. The lowest BCUT2D eigenvalue weighted by Crippen LogP contribution is -2.33. The standard InChI is InChI=1S/C21H23N3O2/c1-16(13-14-17-9-5-3-6-10-17)22-21(25)20-19(26-2)15-24(23-20)18-11-7-4-8-12-18/h3-12,15-16H,13-14H2,1-2H3,(H,22,25). The molecule has 0 aliphatic carbocycles. The van der Waals surface area contributed by atoms with Gasteiger partial charge in [0.05, 0.1) is 19.0 Å². The number of para-hydroxylation sites is 1. The zero-order valence-electron chi connectivity index (χ0n) is 15.1. The van der Waals surface area contributed by atoms with Gasteiger partial charge in [0.2, 0.25) is 0 Å². The molecule has 0 bridgehead atoms. The molecule has 0 aliphatic rings. The van der Waals surface area contributed by atoms with Crippen molar-refractivity contribution in [2.75, 3.05) is 7.11 Å². The third kappa shape index (κ3) is 4.30. The van der Waals surface area contributed by atoms with E-state index >= 15 is 0 Å². The van der Waals surface area contributed by atoms with Crippen LogP contribution in [0, 0.1) is 0 Å². The molecule has 0 radical (unpaired) electrons. The van der Waals surface area contributed by atoms with Crippen LogP contribution in [0.25, 0.3) is 5.69 Å². The van der Waals surface area contributed by atoms with E-state index in [1.54, 1.807) is 18.0 Å². The summed E-state index contributed by atoms with van der Waals surface area (Å²) in [6.45, 7) is 2.00. The zero-order chi connectivity index (χ0) is 18.4. The lowest BCUT2D eigenvalue weighted by molar-refractivity contribution is 0.0930. The molecule has 0 spiro atoms. The summed E-state index contributed by atoms with van der Waals surface area (Å²) in [4.78, 5) is 12.6. The molecule has 26 heavy (non-hydrogen) atoms. The van der Waals surface area contributed by atoms with Crippen LogP contribution >= 0.6 is 0 Å². The Hall–Kier alpha value is -3.08. The van der Waals surface area contributed by atoms with E-state index in [2.05, 4.69) is 22.5 Å². The van der Waals surface area contributed by atoms with Gasteiger partial charge in [0.1, 0.15) is 0 Å². The summed E-state index contributed by atoms with van der Waals surface area (Å²) in [6, 6.07) is 19.9. The van der Waals surface area contributed by atoms with Crippen LogP contribution in [0.15, 0.2) is 66.9 Å². The van der Waals surface area contributed by atoms with Crippen LogP contribution in [0.3, 0.4) is 0 Å². The van der Waals surface area contributed by atoms with Crippen LogP contribution in [0.2, 0.25) is 0 Å². The molecule has 0 fully saturated rings. The topological polar surface area (TPSA) is 56.2 Å². The normalized spacial score (nSPS) is 11.8. The molecular weight excluding hydrogens is 326 g/mol. The van der Waals surface area contributed by atoms with Gasteiger partial charge in [-0.05, 0) is 37.5 Å². The molecule has 0 saturated heterocycles. The molecule has 1 aromatic heterocycles. The Morgan fingerprint density at radius 2 is 1.77 bits per heavy atom. The van der Waals surface area contributed by atoms with Crippen molar-refractivity contribution < 1.29 is 9.53 Å². The van der Waals surface area contributed by atoms with Crippen LogP contribution in [-0.2, 0) is 6.42 Å². The Balaban J connectivity index is 1.66. The Labute approximate surface area is 153 Å². The number of amides is 1. The quantitative estimate of drug-likeness (QED) is 0.709. The summed E-state index contributed by atoms with van der Waals surface area (Å²) < 4.78 is 6.99. The SMILES string of the molecule is COc1cn(-c2ccccc2)nc1C(=O)NC(C)CCc1ccccc1. The molecule has 1 atom stereocenters. The fourth-order valence-electron chi connectivity index (χ4n) is 2.77. The molecular formula is C21H23N3O2. The Bertz CT molecular complexity index is 844. The molecule has 5 nitrogen and oxygen atoms in total. The first-order valence-electron chi connectivity index (χ1n) is 8.71. The lowest BCUT2D eigenvalue weighted by atomic mass is 10.1. The first-order chi connectivity index (χ1) is 12.7. The molecule has 2 aromatic carbocycles. The van der Waals surface area contributed by atoms with Gasteiger partial charge >= 0.3 is 0 Å². The average Bonchev–Trinajstić information content (AvgIpc) is 3.12. The summed E-state index contributed by atoms with van der Waals surface area (Å²) in [5.41, 5.74) is 2.43. The minimum absolute atomic E-state index is 0.0364. The fourth-order valence-corrected chi connectivity index (χ4v) is 2.77. The first-order valence-corrected chi connectivity index (χ1v) is 8.71. The van der Waals surface area contributed by atoms with Crippen LogP contribution in [0.5, 0.6) is 5.75 Å². The zero-order valence-corrected chi connectivity index (χ0v) is 15.1. The van der Waals surface area contributed by atoms with E-state index < -0.39 is 0 Å². The molecule has 134 valence electrons. The molecule has 1 N–H and O–H groups in total. The number of benzene rings is 2. The number of nitrogens with zero attached hydrogens (tertiary/aromatic N) is 2. The van der Waals surface area contributed by atoms with E-state index in [4.69, 9.17) is 4.74 Å². The van der Waals surface area contributed by atoms with Gasteiger partial charge in [-0.25, -0.2) is 4.68 Å². The maximum Gasteiger partial charge on any atom is 0.275 e. The number of rotatable bonds is 7. The smallest absolute Gasteiger partial charge is 0.275 e. The predicted molar refractivity (Wildman–Crippen MR) is 102 cm³/mol. The number of aromatic nitrogens is 2. The number of hydrogen-bond acceptors (Lipinski definition) is 3. The average molecular weight is 349 g/mol. The molecule has 0 aliphatic heterocycles. The first kappa shape index (κ1) is 17.7. The Morgan fingerprint density at radius 3 is 2.42 bits per heavy atom. The van der Waals surface area contributed by atoms with Crippen LogP contribution in [-0.4, -0.2) is 28.8 Å². The van der Waals surface area contributed by atoms with Gasteiger partial charge in [-0.2, -0.15) is 5.10 Å². The maximum atomic E-state index is 12.6. The molecule has 1 unspecified atom stereocenters. The number of hydrogen-bond donors (Lipinski definition) is 1. The number of carbonyl (C=O) groups is 1. The summed E-state index contributed by atoms with van der Waals surface area (Å²) in [5.74, 6) is 0.235. The summed E-state index contributed by atoms with van der Waals surface area (Å²) >= 11 is 0. The van der Waals surface area contributed by atoms with Gasteiger partial charge < -0.3 is 10.1 Å². The molecule has 5 heteroatoms. The lowest BCUT2D eigenvalue weighted by Gasteiger charge is -2.13. The monoisotopic (exact) mass is 349 g/mol. The van der Waals surface area contributed by atoms with Crippen molar-refractivity contribution in [2.45, 2.75) is 25.8 Å². The highest BCUT2D eigenvalue weighted by atomic mass is 16.5. The van der Waals surface area contributed by atoms with E-state index in [-0.39, 0.29) is 11.9 Å². The molecule has 3 rings (SSSR count). The minimum Gasteiger partial charge on any atom is -0.493 e. The third-order valence-electron chi connectivity index (χ3n) is 4.22. The van der Waals surface area contributed by atoms with E-state index in [0.29, 0.717) is 11.4 Å². The number of nitrogens with one attached hydrogen (secondary N) is 1. The van der Waals surface area contributed by atoms with Gasteiger partial charge in [0.15, 0.2) is 11.4 Å². The summed E-state index contributed by atoms with van der Waals surface area (Å²) in [7, 11) is 1.54. The predicted octanol–water partition coefficient (Wildman–Crippen LogP) is 3.63. The van der Waals surface area contributed by atoms with Crippen molar-refractivity contribution in [3.63, 3.8) is 0 Å². The summed E-state index contributed by atoms with van der Waals surface area (Å²) in [6.07, 6.45) is 3.49. The second-order valence-corrected chi connectivity index (χ2v) is 6.22. The van der Waals surface area contributed by atoms with Gasteiger partial charge in [-0.15, -0.1) is 0 Å². The number of carbonyl (C=O) groups excluding carboxylic acids is 1. The highest BCUT2D eigenvalue weighted by Gasteiger charge is 2.19. The van der Waals surface area contributed by atoms with E-state index in [1.807, 2.05) is 55.5 Å². The van der Waals surface area contributed by atoms with Crippen molar-refractivity contribution in [3.05, 3.63) is 78.1 Å². The van der Waals surface area contributed by atoms with Gasteiger partial charge in [-0.3, -0.25) is 4.79 Å². The van der Waals surface area contributed by atoms with E-state index in [9.17, 15) is 4.79 Å². The van der Waals surface area contributed by atoms with Crippen molar-refractivity contribution in [2.24, 2.45) is 0 Å². The van der Waals surface area contributed by atoms with E-state index in [0.717, 1.165) is 18.5 Å². The molecule has 0 saturated carbocycles. The van der Waals surface area contributed by atoms with Gasteiger partial charge in [0, 0.05) is 6.04 Å². The highest BCUT2D eigenvalue weighted by Crippen LogP contribution is 2.19. The van der Waals surface area contributed by atoms with Gasteiger partial charge in [-0.1, -0.05) is 48.5 Å². The fraction of sp³-hybridized carbons (Fsp3) is 0.238. The van der Waals surface area contributed by atoms with Crippen LogP contribution in [0.4, 0.5) is 0 Å². The third-order valence-corrected chi connectivity index (χ3v) is 4.22. The van der Waals surface area contributed by atoms with Crippen molar-refractivity contribution >= 4 is 5.91 Å². The maximum absolute atomic E-state index is 12.6. The number of methoxy groups -OCH3 is 1. The van der Waals surface area contributed by atoms with Crippen LogP contribution < -0.4 is 10.1 Å². The largest absolute Gasteiger partial charge is 0.493 e. The van der Waals surface area contributed by atoms with Crippen LogP contribution in [0.1, 0.15) is 29.4 Å². The van der Waals surface area contributed by atoms with Crippen molar-refractivity contribution in [3.8, 4) is 11.4 Å². The Kier molecular flexibility index (Phi) is 5.69. The minimum atomic E-state index is -0.225. The second kappa shape index (κ2) is 8.34. The second-order valence-electron chi connectivity index (χ2n) is 6.22. The molecule has 1 amide bonds. The number of ether oxygens (including phenoxy) is 1.